The third-order valence-electron chi connectivity index (χ3n) is 4.62. The van der Waals surface area contributed by atoms with E-state index in [1.807, 2.05) is 0 Å². The molecule has 0 amide bonds. The van der Waals surface area contributed by atoms with E-state index in [-0.39, 0.29) is 39.5 Å². The summed E-state index contributed by atoms with van der Waals surface area (Å²) in [6.07, 6.45) is -0.152. The second-order valence-corrected chi connectivity index (χ2v) is 8.97. The van der Waals surface area contributed by atoms with Gasteiger partial charge in [-0.3, -0.25) is 0 Å². The van der Waals surface area contributed by atoms with Crippen LogP contribution >= 0.6 is 81.2 Å². The normalized spacial score (nSPS) is 63.2. The Morgan fingerprint density at radius 3 is 1.89 bits per heavy atom. The quantitative estimate of drug-likeness (QED) is 0.441. The highest BCUT2D eigenvalue weighted by Crippen LogP contribution is 2.81. The van der Waals surface area contributed by atoms with Gasteiger partial charge in [0.05, 0.1) is 21.5 Å². The van der Waals surface area contributed by atoms with Crippen LogP contribution in [0.15, 0.2) is 10.1 Å². The predicted molar refractivity (Wildman–Crippen MR) is 75.6 cm³/mol. The molecule has 1 heterocycles. The van der Waals surface area contributed by atoms with Gasteiger partial charge in [0.2, 0.25) is 0 Å². The van der Waals surface area contributed by atoms with Gasteiger partial charge in [-0.2, -0.15) is 0 Å². The molecule has 100 valence electrons. The number of rotatable bonds is 0. The van der Waals surface area contributed by atoms with Crippen LogP contribution in [-0.2, 0) is 4.74 Å². The zero-order valence-electron chi connectivity index (χ0n) is 8.44. The number of fused-ring (bicyclic) bond motifs is 7. The molecule has 1 aliphatic heterocycles. The molecule has 3 aliphatic carbocycles. The molecular formula is C10H5Cl7O. The largest absolute Gasteiger partial charge is 0.368 e. The minimum atomic E-state index is -1.50. The van der Waals surface area contributed by atoms with E-state index >= 15 is 0 Å². The Morgan fingerprint density at radius 2 is 1.33 bits per heavy atom. The van der Waals surface area contributed by atoms with Crippen molar-refractivity contribution in [1.82, 2.24) is 0 Å². The van der Waals surface area contributed by atoms with Crippen LogP contribution in [0, 0.1) is 11.8 Å². The summed E-state index contributed by atoms with van der Waals surface area (Å²) in [6.45, 7) is 0. The molecule has 3 fully saturated rings. The summed E-state index contributed by atoms with van der Waals surface area (Å²) in [5.74, 6) is -0.457. The maximum absolute atomic E-state index is 6.65. The number of ether oxygens (including phenoxy) is 1. The average Bonchev–Trinajstić information content (AvgIpc) is 2.98. The summed E-state index contributed by atoms with van der Waals surface area (Å²) in [5.41, 5.74) is 0. The summed E-state index contributed by atoms with van der Waals surface area (Å²) in [6, 6.07) is 0. The Balaban J connectivity index is 2.01. The van der Waals surface area contributed by atoms with Gasteiger partial charge in [0, 0.05) is 11.8 Å². The molecule has 18 heavy (non-hydrogen) atoms. The van der Waals surface area contributed by atoms with Gasteiger partial charge in [-0.05, 0) is 0 Å². The predicted octanol–water partition coefficient (Wildman–Crippen LogP) is 4.45. The van der Waals surface area contributed by atoms with E-state index in [2.05, 4.69) is 0 Å². The topological polar surface area (TPSA) is 12.5 Å². The van der Waals surface area contributed by atoms with Crippen molar-refractivity contribution in [2.45, 2.75) is 31.7 Å². The molecule has 7 atom stereocenters. The molecule has 4 rings (SSSR count). The molecule has 0 N–H and O–H groups in total. The smallest absolute Gasteiger partial charge is 0.166 e. The second-order valence-electron chi connectivity index (χ2n) is 5.19. The molecule has 2 unspecified atom stereocenters. The third kappa shape index (κ3) is 1.02. The molecule has 1 saturated heterocycles. The lowest BCUT2D eigenvalue weighted by molar-refractivity contribution is 0.204. The van der Waals surface area contributed by atoms with Crippen LogP contribution in [0.25, 0.3) is 0 Å². The van der Waals surface area contributed by atoms with E-state index in [1.165, 1.54) is 0 Å². The molecule has 1 nitrogen and oxygen atoms in total. The molecule has 0 radical (unpaired) electrons. The van der Waals surface area contributed by atoms with E-state index < -0.39 is 14.1 Å². The minimum Gasteiger partial charge on any atom is -0.368 e. The van der Waals surface area contributed by atoms with E-state index in [0.29, 0.717) is 0 Å². The van der Waals surface area contributed by atoms with Crippen molar-refractivity contribution >= 4 is 81.2 Å². The Kier molecular flexibility index (Phi) is 2.52. The van der Waals surface area contributed by atoms with E-state index in [1.54, 1.807) is 0 Å². The van der Waals surface area contributed by atoms with Gasteiger partial charge in [-0.1, -0.05) is 46.4 Å². The van der Waals surface area contributed by atoms with Gasteiger partial charge >= 0.3 is 0 Å². The van der Waals surface area contributed by atoms with Crippen molar-refractivity contribution in [2.75, 3.05) is 0 Å². The zero-order chi connectivity index (χ0) is 13.2. The van der Waals surface area contributed by atoms with E-state index in [0.717, 1.165) is 0 Å². The summed E-state index contributed by atoms with van der Waals surface area (Å²) in [7, 11) is 0. The van der Waals surface area contributed by atoms with Gasteiger partial charge < -0.3 is 4.74 Å². The fraction of sp³-hybridized carbons (Fsp3) is 0.800. The van der Waals surface area contributed by atoms with Crippen LogP contribution in [0.1, 0.15) is 0 Å². The maximum atomic E-state index is 6.65. The fourth-order valence-electron chi connectivity index (χ4n) is 3.80. The fourth-order valence-corrected chi connectivity index (χ4v) is 7.49. The first-order valence-corrected chi connectivity index (χ1v) is 8.02. The highest BCUT2D eigenvalue weighted by Gasteiger charge is 2.89. The van der Waals surface area contributed by atoms with E-state index in [9.17, 15) is 0 Å². The van der Waals surface area contributed by atoms with Crippen LogP contribution in [0.2, 0.25) is 0 Å². The van der Waals surface area contributed by atoms with Gasteiger partial charge in [-0.15, -0.1) is 34.8 Å². The van der Waals surface area contributed by atoms with Crippen LogP contribution < -0.4 is 0 Å². The number of alkyl halides is 5. The molecule has 4 aliphatic rings. The number of hydrogen-bond donors (Lipinski definition) is 0. The first kappa shape index (κ1) is 13.4. The second kappa shape index (κ2) is 3.38. The van der Waals surface area contributed by atoms with Crippen molar-refractivity contribution in [3.05, 3.63) is 10.1 Å². The lowest BCUT2D eigenvalue weighted by Gasteiger charge is -2.35. The van der Waals surface area contributed by atoms with Gasteiger partial charge in [-0.25, -0.2) is 0 Å². The third-order valence-corrected chi connectivity index (χ3v) is 9.44. The van der Waals surface area contributed by atoms with Crippen molar-refractivity contribution < 1.29 is 4.74 Å². The first-order valence-electron chi connectivity index (χ1n) is 5.32. The van der Waals surface area contributed by atoms with Crippen LogP contribution in [0.5, 0.6) is 0 Å². The summed E-state index contributed by atoms with van der Waals surface area (Å²) in [4.78, 5) is -2.48. The summed E-state index contributed by atoms with van der Waals surface area (Å²) >= 11 is 45.0. The number of epoxide rings is 1. The molecule has 0 aromatic rings. The Bertz CT molecular complexity index is 476. The van der Waals surface area contributed by atoms with Crippen molar-refractivity contribution in [3.8, 4) is 0 Å². The molecule has 8 heteroatoms. The van der Waals surface area contributed by atoms with Crippen LogP contribution in [-0.4, -0.2) is 31.7 Å². The van der Waals surface area contributed by atoms with Crippen LogP contribution in [0.3, 0.4) is 0 Å². The standard InChI is InChI=1S/C10H5Cl7O/c11-3-1-2(4-5(3)18-4)9(15)7(13)6(12)8(1,14)10(9,16)17/h1-5H/t1-,2+,3+,4-,5+,8?,9?/m0/s1. The Hall–Kier alpha value is 1.73. The molecule has 0 aromatic heterocycles. The molecular weight excluding hydrogens is 384 g/mol. The Labute approximate surface area is 139 Å². The van der Waals surface area contributed by atoms with E-state index in [4.69, 9.17) is 85.9 Å². The first-order chi connectivity index (χ1) is 8.20. The zero-order valence-corrected chi connectivity index (χ0v) is 13.7. The molecule has 0 aromatic carbocycles. The number of allylic oxidation sites excluding steroid dienone is 2. The maximum Gasteiger partial charge on any atom is 0.166 e. The SMILES string of the molecule is ClC1=C(Cl)C2(Cl)[C@H]3[C@@H]4O[C@@H]4[C@H](Cl)[C@H]3C1(Cl)C2(Cl)Cl. The lowest BCUT2D eigenvalue weighted by Crippen LogP contribution is -2.46. The molecule has 2 bridgehead atoms. The minimum absolute atomic E-state index is 0.0608. The van der Waals surface area contributed by atoms with Crippen molar-refractivity contribution in [1.29, 1.82) is 0 Å². The molecule has 0 spiro atoms. The highest BCUT2D eigenvalue weighted by atomic mass is 35.5. The average molecular weight is 389 g/mol. The monoisotopic (exact) mass is 386 g/mol. The highest BCUT2D eigenvalue weighted by molar-refractivity contribution is 6.66. The van der Waals surface area contributed by atoms with Gasteiger partial charge in [0.15, 0.2) is 4.33 Å². The summed E-state index contributed by atoms with van der Waals surface area (Å²) < 4.78 is 4.00. The Morgan fingerprint density at radius 1 is 0.833 bits per heavy atom. The lowest BCUT2D eigenvalue weighted by atomic mass is 9.83. The van der Waals surface area contributed by atoms with Crippen LogP contribution in [0.4, 0.5) is 0 Å². The summed E-state index contributed by atoms with van der Waals surface area (Å²) in [5, 5.41) is 0.111. The van der Waals surface area contributed by atoms with Crippen molar-refractivity contribution in [2.24, 2.45) is 11.8 Å². The van der Waals surface area contributed by atoms with Crippen molar-refractivity contribution in [3.63, 3.8) is 0 Å². The number of hydrogen-bond acceptors (Lipinski definition) is 1. The number of halogens is 7. The van der Waals surface area contributed by atoms with Gasteiger partial charge in [0.25, 0.3) is 0 Å². The molecule has 2 saturated carbocycles. The van der Waals surface area contributed by atoms with Gasteiger partial charge in [0.1, 0.15) is 15.9 Å².